The highest BCUT2D eigenvalue weighted by atomic mass is 35.5. The van der Waals surface area contributed by atoms with Gasteiger partial charge in [-0.15, -0.1) is 23.1 Å². The van der Waals surface area contributed by atoms with E-state index in [0.29, 0.717) is 5.75 Å². The fourth-order valence-corrected chi connectivity index (χ4v) is 3.83. The molecule has 112 valence electrons. The van der Waals surface area contributed by atoms with E-state index < -0.39 is 0 Å². The Balaban J connectivity index is 1.75. The van der Waals surface area contributed by atoms with Crippen molar-refractivity contribution in [3.8, 4) is 0 Å². The smallest absolute Gasteiger partial charge is 0.230 e. The van der Waals surface area contributed by atoms with Gasteiger partial charge >= 0.3 is 0 Å². The summed E-state index contributed by atoms with van der Waals surface area (Å²) in [5, 5.41) is 2.90. The molecule has 2 aromatic rings. The average Bonchev–Trinajstić information content (AvgIpc) is 2.85. The lowest BCUT2D eigenvalue weighted by molar-refractivity contribution is -0.119. The van der Waals surface area contributed by atoms with Gasteiger partial charge in [-0.3, -0.25) is 4.79 Å². The van der Waals surface area contributed by atoms with Crippen molar-refractivity contribution in [2.24, 2.45) is 0 Å². The van der Waals surface area contributed by atoms with Crippen molar-refractivity contribution < 1.29 is 9.18 Å². The van der Waals surface area contributed by atoms with Gasteiger partial charge in [0.25, 0.3) is 0 Å². The first-order valence-corrected chi connectivity index (χ1v) is 8.76. The van der Waals surface area contributed by atoms with Crippen LogP contribution in [0.2, 0.25) is 4.34 Å². The van der Waals surface area contributed by atoms with E-state index in [-0.39, 0.29) is 17.8 Å². The van der Waals surface area contributed by atoms with Crippen LogP contribution in [0.25, 0.3) is 0 Å². The van der Waals surface area contributed by atoms with Gasteiger partial charge in [-0.2, -0.15) is 0 Å². The van der Waals surface area contributed by atoms with E-state index in [1.807, 2.05) is 19.1 Å². The van der Waals surface area contributed by atoms with Crippen molar-refractivity contribution in [1.29, 1.82) is 0 Å². The summed E-state index contributed by atoms with van der Waals surface area (Å²) in [6.07, 6.45) is 0. The number of benzene rings is 1. The zero-order chi connectivity index (χ0) is 15.2. The standard InChI is InChI=1S/C15H15ClFNOS2/c1-10(11-2-4-12(17)5-3-11)18-15(19)9-20-8-13-6-7-14(16)21-13/h2-7,10H,8-9H2,1H3,(H,18,19)/t10-/m0/s1. The molecule has 0 unspecified atom stereocenters. The summed E-state index contributed by atoms with van der Waals surface area (Å²) in [5.41, 5.74) is 0.889. The maximum atomic E-state index is 12.8. The van der Waals surface area contributed by atoms with Crippen molar-refractivity contribution in [2.75, 3.05) is 5.75 Å². The minimum absolute atomic E-state index is 0.0283. The molecule has 1 heterocycles. The predicted octanol–water partition coefficient (Wildman–Crippen LogP) is 4.65. The van der Waals surface area contributed by atoms with Gasteiger partial charge in [0.05, 0.1) is 16.1 Å². The van der Waals surface area contributed by atoms with Crippen molar-refractivity contribution >= 4 is 40.6 Å². The molecule has 0 saturated heterocycles. The molecule has 0 aliphatic rings. The van der Waals surface area contributed by atoms with Crippen LogP contribution >= 0.6 is 34.7 Å². The second-order valence-corrected chi connectivity index (χ2v) is 7.32. The van der Waals surface area contributed by atoms with Crippen LogP contribution in [0.3, 0.4) is 0 Å². The van der Waals surface area contributed by atoms with Crippen LogP contribution in [0.5, 0.6) is 0 Å². The van der Waals surface area contributed by atoms with Gasteiger partial charge in [-0.05, 0) is 36.8 Å². The first-order chi connectivity index (χ1) is 10.0. The number of amides is 1. The van der Waals surface area contributed by atoms with Crippen molar-refractivity contribution in [2.45, 2.75) is 18.7 Å². The molecule has 2 rings (SSSR count). The Hall–Kier alpha value is -1.04. The van der Waals surface area contributed by atoms with Crippen molar-refractivity contribution in [3.63, 3.8) is 0 Å². The Bertz CT molecular complexity index is 600. The fourth-order valence-electron chi connectivity index (χ4n) is 1.79. The summed E-state index contributed by atoms with van der Waals surface area (Å²) in [6, 6.07) is 9.86. The molecule has 0 bridgehead atoms. The molecule has 2 nitrogen and oxygen atoms in total. The Labute approximate surface area is 136 Å². The number of thioether (sulfide) groups is 1. The molecule has 0 saturated carbocycles. The lowest BCUT2D eigenvalue weighted by Crippen LogP contribution is -2.28. The van der Waals surface area contributed by atoms with E-state index in [9.17, 15) is 9.18 Å². The molecule has 1 atom stereocenters. The lowest BCUT2D eigenvalue weighted by Gasteiger charge is -2.14. The number of hydrogen-bond acceptors (Lipinski definition) is 3. The third kappa shape index (κ3) is 5.34. The largest absolute Gasteiger partial charge is 0.349 e. The molecule has 0 aliphatic carbocycles. The number of halogens is 2. The fraction of sp³-hybridized carbons (Fsp3) is 0.267. The first kappa shape index (κ1) is 16.3. The second-order valence-electron chi connectivity index (χ2n) is 4.54. The second kappa shape index (κ2) is 7.82. The SMILES string of the molecule is C[C@H](NC(=O)CSCc1ccc(Cl)s1)c1ccc(F)cc1. The quantitative estimate of drug-likeness (QED) is 0.827. The average molecular weight is 344 g/mol. The van der Waals surface area contributed by atoms with Crippen LogP contribution in [-0.4, -0.2) is 11.7 Å². The summed E-state index contributed by atoms with van der Waals surface area (Å²) in [4.78, 5) is 13.0. The third-order valence-corrected chi connectivity index (χ3v) is 5.25. The van der Waals surface area contributed by atoms with E-state index in [4.69, 9.17) is 11.6 Å². The van der Waals surface area contributed by atoms with E-state index in [0.717, 1.165) is 20.5 Å². The normalized spacial score (nSPS) is 12.1. The molecule has 1 N–H and O–H groups in total. The minimum atomic E-state index is -0.276. The van der Waals surface area contributed by atoms with E-state index in [1.165, 1.54) is 23.5 Å². The van der Waals surface area contributed by atoms with Gasteiger partial charge < -0.3 is 5.32 Å². The predicted molar refractivity (Wildman–Crippen MR) is 88.4 cm³/mol. The zero-order valence-corrected chi connectivity index (χ0v) is 13.8. The van der Waals surface area contributed by atoms with E-state index in [2.05, 4.69) is 5.32 Å². The number of hydrogen-bond donors (Lipinski definition) is 1. The highest BCUT2D eigenvalue weighted by Crippen LogP contribution is 2.25. The van der Waals surface area contributed by atoms with E-state index >= 15 is 0 Å². The van der Waals surface area contributed by atoms with Crippen LogP contribution in [-0.2, 0) is 10.5 Å². The van der Waals surface area contributed by atoms with Gasteiger partial charge in [0.1, 0.15) is 5.82 Å². The molecule has 1 aromatic carbocycles. The van der Waals surface area contributed by atoms with Gasteiger partial charge in [-0.25, -0.2) is 4.39 Å². The molecule has 0 fully saturated rings. The first-order valence-electron chi connectivity index (χ1n) is 6.41. The number of rotatable bonds is 6. The summed E-state index contributed by atoms with van der Waals surface area (Å²) in [7, 11) is 0. The number of thiophene rings is 1. The Morgan fingerprint density at radius 2 is 2.05 bits per heavy atom. The highest BCUT2D eigenvalue weighted by molar-refractivity contribution is 7.99. The van der Waals surface area contributed by atoms with Crippen LogP contribution in [0.15, 0.2) is 36.4 Å². The summed E-state index contributed by atoms with van der Waals surface area (Å²) in [5.74, 6) is 0.860. The van der Waals surface area contributed by atoms with Crippen LogP contribution in [0.1, 0.15) is 23.4 Å². The molecule has 1 amide bonds. The maximum absolute atomic E-state index is 12.8. The molecular weight excluding hydrogens is 329 g/mol. The molecule has 0 radical (unpaired) electrons. The molecule has 6 heteroatoms. The van der Waals surface area contributed by atoms with Crippen LogP contribution < -0.4 is 5.32 Å². The van der Waals surface area contributed by atoms with Crippen molar-refractivity contribution in [1.82, 2.24) is 5.32 Å². The maximum Gasteiger partial charge on any atom is 0.230 e. The Kier molecular flexibility index (Phi) is 6.08. The molecule has 0 spiro atoms. The number of carbonyl (C=O) groups excluding carboxylic acids is 1. The van der Waals surface area contributed by atoms with Gasteiger partial charge in [-0.1, -0.05) is 23.7 Å². The molecule has 21 heavy (non-hydrogen) atoms. The number of nitrogens with one attached hydrogen (secondary N) is 1. The number of carbonyl (C=O) groups is 1. The molecular formula is C15H15ClFNOS2. The zero-order valence-electron chi connectivity index (χ0n) is 11.4. The third-order valence-electron chi connectivity index (χ3n) is 2.85. The Morgan fingerprint density at radius 1 is 1.33 bits per heavy atom. The summed E-state index contributed by atoms with van der Waals surface area (Å²) < 4.78 is 13.6. The topological polar surface area (TPSA) is 29.1 Å². The Morgan fingerprint density at radius 3 is 2.67 bits per heavy atom. The molecule has 1 aromatic heterocycles. The molecule has 0 aliphatic heterocycles. The van der Waals surface area contributed by atoms with Gasteiger partial charge in [0.15, 0.2) is 0 Å². The van der Waals surface area contributed by atoms with Gasteiger partial charge in [0.2, 0.25) is 5.91 Å². The summed E-state index contributed by atoms with van der Waals surface area (Å²) >= 11 is 8.93. The van der Waals surface area contributed by atoms with E-state index in [1.54, 1.807) is 23.9 Å². The monoisotopic (exact) mass is 343 g/mol. The van der Waals surface area contributed by atoms with Crippen LogP contribution in [0.4, 0.5) is 4.39 Å². The summed E-state index contributed by atoms with van der Waals surface area (Å²) in [6.45, 7) is 1.88. The lowest BCUT2D eigenvalue weighted by atomic mass is 10.1. The van der Waals surface area contributed by atoms with Crippen LogP contribution in [0, 0.1) is 5.82 Å². The minimum Gasteiger partial charge on any atom is -0.349 e. The van der Waals surface area contributed by atoms with Crippen molar-refractivity contribution in [3.05, 3.63) is 57.0 Å². The van der Waals surface area contributed by atoms with Gasteiger partial charge in [0, 0.05) is 10.6 Å². The highest BCUT2D eigenvalue weighted by Gasteiger charge is 2.10.